The second kappa shape index (κ2) is 5.29. The Morgan fingerprint density at radius 1 is 1.44 bits per heavy atom. The topological polar surface area (TPSA) is 55.8 Å². The molecule has 0 saturated heterocycles. The molecule has 98 valence electrons. The first-order chi connectivity index (χ1) is 8.60. The van der Waals surface area contributed by atoms with E-state index in [0.717, 1.165) is 24.2 Å². The Kier molecular flexibility index (Phi) is 3.75. The van der Waals surface area contributed by atoms with Crippen molar-refractivity contribution in [2.75, 3.05) is 7.11 Å². The molecule has 0 spiro atoms. The molecule has 1 aromatic rings. The molecule has 4 heteroatoms. The van der Waals surface area contributed by atoms with Crippen molar-refractivity contribution < 1.29 is 19.4 Å². The highest BCUT2D eigenvalue weighted by Gasteiger charge is 2.25. The summed E-state index contributed by atoms with van der Waals surface area (Å²) in [6.07, 6.45) is 2.96. The summed E-state index contributed by atoms with van der Waals surface area (Å²) in [5, 5.41) is 8.91. The van der Waals surface area contributed by atoms with Crippen LogP contribution in [0.25, 0.3) is 0 Å². The molecule has 1 N–H and O–H groups in total. The Labute approximate surface area is 107 Å². The van der Waals surface area contributed by atoms with Gasteiger partial charge in [-0.2, -0.15) is 0 Å². The lowest BCUT2D eigenvalue weighted by Gasteiger charge is -2.13. The molecule has 0 aromatic heterocycles. The zero-order valence-electron chi connectivity index (χ0n) is 10.7. The average Bonchev–Trinajstić information content (AvgIpc) is 3.13. The number of aliphatic carboxylic acids is 1. The van der Waals surface area contributed by atoms with E-state index in [0.29, 0.717) is 18.3 Å². The number of rotatable bonds is 6. The van der Waals surface area contributed by atoms with Crippen LogP contribution in [0.1, 0.15) is 25.3 Å². The van der Waals surface area contributed by atoms with Crippen molar-refractivity contribution in [2.24, 2.45) is 5.92 Å². The maximum atomic E-state index is 10.8. The number of carbonyl (C=O) groups is 1. The normalized spacial score (nSPS) is 16.1. The van der Waals surface area contributed by atoms with E-state index in [1.807, 2.05) is 18.2 Å². The number of carboxylic acids is 1. The average molecular weight is 250 g/mol. The lowest BCUT2D eigenvalue weighted by Crippen LogP contribution is -2.12. The van der Waals surface area contributed by atoms with Gasteiger partial charge in [-0.05, 0) is 37.0 Å². The van der Waals surface area contributed by atoms with E-state index in [9.17, 15) is 4.79 Å². The van der Waals surface area contributed by atoms with Crippen molar-refractivity contribution in [2.45, 2.75) is 32.3 Å². The zero-order valence-corrected chi connectivity index (χ0v) is 10.7. The summed E-state index contributed by atoms with van der Waals surface area (Å²) in [7, 11) is 1.61. The molecule has 1 aliphatic carbocycles. The van der Waals surface area contributed by atoms with Crippen LogP contribution in [-0.4, -0.2) is 24.3 Å². The fraction of sp³-hybridized carbons (Fsp3) is 0.500. The number of carboxylic acid groups (broad SMARTS) is 1. The molecule has 1 unspecified atom stereocenters. The predicted molar refractivity (Wildman–Crippen MR) is 67.1 cm³/mol. The van der Waals surface area contributed by atoms with Gasteiger partial charge in [0.1, 0.15) is 0 Å². The SMILES string of the molecule is COc1ccc(CC(C)C(=O)O)cc1OC1CC1. The van der Waals surface area contributed by atoms with Gasteiger partial charge in [-0.15, -0.1) is 0 Å². The van der Waals surface area contributed by atoms with Crippen LogP contribution in [0.5, 0.6) is 11.5 Å². The number of benzene rings is 1. The Hall–Kier alpha value is -1.71. The molecule has 0 radical (unpaired) electrons. The predicted octanol–water partition coefficient (Wildman–Crippen LogP) is 2.50. The molecule has 1 saturated carbocycles. The lowest BCUT2D eigenvalue weighted by molar-refractivity contribution is -0.141. The molecule has 2 rings (SSSR count). The first-order valence-electron chi connectivity index (χ1n) is 6.16. The molecule has 1 fully saturated rings. The van der Waals surface area contributed by atoms with E-state index >= 15 is 0 Å². The molecule has 0 amide bonds. The van der Waals surface area contributed by atoms with Gasteiger partial charge >= 0.3 is 5.97 Å². The molecule has 0 aliphatic heterocycles. The van der Waals surface area contributed by atoms with Gasteiger partial charge in [0.05, 0.1) is 19.1 Å². The molecule has 0 bridgehead atoms. The summed E-state index contributed by atoms with van der Waals surface area (Å²) in [6.45, 7) is 1.70. The Morgan fingerprint density at radius 2 is 2.17 bits per heavy atom. The summed E-state index contributed by atoms with van der Waals surface area (Å²) in [5.41, 5.74) is 0.960. The van der Waals surface area contributed by atoms with Gasteiger partial charge in [-0.25, -0.2) is 0 Å². The first kappa shape index (κ1) is 12.7. The van der Waals surface area contributed by atoms with E-state index in [1.54, 1.807) is 14.0 Å². The van der Waals surface area contributed by atoms with E-state index in [2.05, 4.69) is 0 Å². The van der Waals surface area contributed by atoms with Crippen LogP contribution in [0.4, 0.5) is 0 Å². The van der Waals surface area contributed by atoms with Crippen LogP contribution in [0, 0.1) is 5.92 Å². The minimum absolute atomic E-state index is 0.297. The maximum absolute atomic E-state index is 10.8. The highest BCUT2D eigenvalue weighted by molar-refractivity contribution is 5.70. The van der Waals surface area contributed by atoms with Crippen molar-refractivity contribution >= 4 is 5.97 Å². The van der Waals surface area contributed by atoms with Crippen LogP contribution in [0.3, 0.4) is 0 Å². The molecule has 0 heterocycles. The third kappa shape index (κ3) is 3.15. The standard InChI is InChI=1S/C14H18O4/c1-9(14(15)16)7-10-3-6-12(17-2)13(8-10)18-11-4-5-11/h3,6,8-9,11H,4-5,7H2,1-2H3,(H,15,16). The molecule has 1 aromatic carbocycles. The summed E-state index contributed by atoms with van der Waals surface area (Å²) in [4.78, 5) is 10.8. The first-order valence-corrected chi connectivity index (χ1v) is 6.16. The molecule has 4 nitrogen and oxygen atoms in total. The smallest absolute Gasteiger partial charge is 0.306 e. The number of ether oxygens (including phenoxy) is 2. The van der Waals surface area contributed by atoms with E-state index < -0.39 is 11.9 Å². The van der Waals surface area contributed by atoms with Crippen molar-refractivity contribution in [3.8, 4) is 11.5 Å². The number of methoxy groups -OCH3 is 1. The van der Waals surface area contributed by atoms with Gasteiger partial charge in [0, 0.05) is 0 Å². The number of hydrogen-bond donors (Lipinski definition) is 1. The lowest BCUT2D eigenvalue weighted by atomic mass is 10.0. The van der Waals surface area contributed by atoms with Crippen LogP contribution in [0.2, 0.25) is 0 Å². The molecule has 1 aliphatic rings. The second-order valence-corrected chi connectivity index (χ2v) is 4.75. The molecule has 18 heavy (non-hydrogen) atoms. The highest BCUT2D eigenvalue weighted by Crippen LogP contribution is 2.34. The van der Waals surface area contributed by atoms with Crippen LogP contribution in [0.15, 0.2) is 18.2 Å². The van der Waals surface area contributed by atoms with Crippen molar-refractivity contribution in [1.82, 2.24) is 0 Å². The largest absolute Gasteiger partial charge is 0.493 e. The van der Waals surface area contributed by atoms with E-state index in [-0.39, 0.29) is 0 Å². The minimum atomic E-state index is -0.782. The monoisotopic (exact) mass is 250 g/mol. The quantitative estimate of drug-likeness (QED) is 0.842. The van der Waals surface area contributed by atoms with E-state index in [1.165, 1.54) is 0 Å². The van der Waals surface area contributed by atoms with Crippen LogP contribution < -0.4 is 9.47 Å². The second-order valence-electron chi connectivity index (χ2n) is 4.75. The number of hydrogen-bond acceptors (Lipinski definition) is 3. The van der Waals surface area contributed by atoms with Gasteiger partial charge in [-0.1, -0.05) is 13.0 Å². The van der Waals surface area contributed by atoms with Crippen LogP contribution in [-0.2, 0) is 11.2 Å². The third-order valence-electron chi connectivity index (χ3n) is 3.01. The van der Waals surface area contributed by atoms with Gasteiger partial charge in [0.25, 0.3) is 0 Å². The fourth-order valence-electron chi connectivity index (χ4n) is 1.75. The fourth-order valence-corrected chi connectivity index (χ4v) is 1.75. The summed E-state index contributed by atoms with van der Waals surface area (Å²) in [6, 6.07) is 5.61. The van der Waals surface area contributed by atoms with Gasteiger partial charge < -0.3 is 14.6 Å². The van der Waals surface area contributed by atoms with Crippen molar-refractivity contribution in [3.05, 3.63) is 23.8 Å². The van der Waals surface area contributed by atoms with Gasteiger partial charge in [0.2, 0.25) is 0 Å². The summed E-state index contributed by atoms with van der Waals surface area (Å²) < 4.78 is 11.0. The summed E-state index contributed by atoms with van der Waals surface area (Å²) >= 11 is 0. The zero-order chi connectivity index (χ0) is 13.1. The van der Waals surface area contributed by atoms with Gasteiger partial charge in [0.15, 0.2) is 11.5 Å². The Balaban J connectivity index is 2.13. The Bertz CT molecular complexity index is 437. The van der Waals surface area contributed by atoms with E-state index in [4.69, 9.17) is 14.6 Å². The van der Waals surface area contributed by atoms with Crippen molar-refractivity contribution in [1.29, 1.82) is 0 Å². The molecular formula is C14H18O4. The van der Waals surface area contributed by atoms with Crippen LogP contribution >= 0.6 is 0 Å². The molecule has 1 atom stereocenters. The van der Waals surface area contributed by atoms with Gasteiger partial charge in [-0.3, -0.25) is 4.79 Å². The summed E-state index contributed by atoms with van der Waals surface area (Å²) in [5.74, 6) is 0.242. The Morgan fingerprint density at radius 3 is 2.72 bits per heavy atom. The third-order valence-corrected chi connectivity index (χ3v) is 3.01. The highest BCUT2D eigenvalue weighted by atomic mass is 16.5. The van der Waals surface area contributed by atoms with Crippen molar-refractivity contribution in [3.63, 3.8) is 0 Å². The minimum Gasteiger partial charge on any atom is -0.493 e. The molecular weight excluding hydrogens is 232 g/mol. The maximum Gasteiger partial charge on any atom is 0.306 e.